The SMILES string of the molecule is CN(CC1CCCO1)c1ncc(N)cc1Br. The minimum absolute atomic E-state index is 0.330. The van der Waals surface area contributed by atoms with Gasteiger partial charge in [0, 0.05) is 20.2 Å². The van der Waals surface area contributed by atoms with Gasteiger partial charge in [0.15, 0.2) is 0 Å². The maximum atomic E-state index is 5.66. The summed E-state index contributed by atoms with van der Waals surface area (Å²) in [5, 5.41) is 0. The Morgan fingerprint density at radius 1 is 1.69 bits per heavy atom. The second kappa shape index (κ2) is 5.01. The predicted octanol–water partition coefficient (Wildman–Crippen LogP) is 2.04. The van der Waals surface area contributed by atoms with Gasteiger partial charge in [0.05, 0.1) is 22.5 Å². The van der Waals surface area contributed by atoms with Gasteiger partial charge in [-0.15, -0.1) is 0 Å². The molecule has 0 radical (unpaired) electrons. The first-order valence-corrected chi connectivity index (χ1v) is 6.20. The number of nitrogens with zero attached hydrogens (tertiary/aromatic N) is 2. The van der Waals surface area contributed by atoms with Gasteiger partial charge in [0.2, 0.25) is 0 Å². The van der Waals surface area contributed by atoms with Crippen LogP contribution in [0.3, 0.4) is 0 Å². The van der Waals surface area contributed by atoms with Crippen molar-refractivity contribution in [2.24, 2.45) is 0 Å². The van der Waals surface area contributed by atoms with Crippen LogP contribution in [-0.2, 0) is 4.74 Å². The Kier molecular flexibility index (Phi) is 3.66. The molecular formula is C11H16BrN3O. The lowest BCUT2D eigenvalue weighted by Crippen LogP contribution is -2.29. The number of hydrogen-bond acceptors (Lipinski definition) is 4. The monoisotopic (exact) mass is 285 g/mol. The second-order valence-electron chi connectivity index (χ2n) is 4.09. The molecule has 0 spiro atoms. The molecule has 0 aromatic carbocycles. The van der Waals surface area contributed by atoms with Crippen LogP contribution in [0.4, 0.5) is 11.5 Å². The first-order valence-electron chi connectivity index (χ1n) is 5.40. The van der Waals surface area contributed by atoms with Crippen molar-refractivity contribution in [2.75, 3.05) is 30.8 Å². The third-order valence-electron chi connectivity index (χ3n) is 2.71. The first kappa shape index (κ1) is 11.7. The van der Waals surface area contributed by atoms with E-state index in [2.05, 4.69) is 25.8 Å². The van der Waals surface area contributed by atoms with Gasteiger partial charge in [-0.3, -0.25) is 0 Å². The summed E-state index contributed by atoms with van der Waals surface area (Å²) < 4.78 is 6.52. The molecule has 16 heavy (non-hydrogen) atoms. The summed E-state index contributed by atoms with van der Waals surface area (Å²) in [6.07, 6.45) is 4.30. The quantitative estimate of drug-likeness (QED) is 0.924. The normalized spacial score (nSPS) is 20.0. The molecule has 1 atom stereocenters. The van der Waals surface area contributed by atoms with Gasteiger partial charge in [-0.2, -0.15) is 0 Å². The highest BCUT2D eigenvalue weighted by molar-refractivity contribution is 9.10. The molecule has 88 valence electrons. The van der Waals surface area contributed by atoms with Gasteiger partial charge < -0.3 is 15.4 Å². The molecule has 0 amide bonds. The van der Waals surface area contributed by atoms with Crippen molar-refractivity contribution in [2.45, 2.75) is 18.9 Å². The van der Waals surface area contributed by atoms with E-state index in [1.807, 2.05) is 13.1 Å². The van der Waals surface area contributed by atoms with Crippen molar-refractivity contribution in [1.82, 2.24) is 4.98 Å². The molecule has 1 aliphatic rings. The molecule has 0 saturated carbocycles. The number of aromatic nitrogens is 1. The molecule has 2 rings (SSSR count). The van der Waals surface area contributed by atoms with Crippen LogP contribution in [0.25, 0.3) is 0 Å². The summed E-state index contributed by atoms with van der Waals surface area (Å²) in [5.41, 5.74) is 6.32. The van der Waals surface area contributed by atoms with Gasteiger partial charge >= 0.3 is 0 Å². The Morgan fingerprint density at radius 2 is 2.50 bits per heavy atom. The van der Waals surface area contributed by atoms with Crippen LogP contribution in [0.15, 0.2) is 16.7 Å². The zero-order valence-electron chi connectivity index (χ0n) is 9.32. The predicted molar refractivity (Wildman–Crippen MR) is 68.6 cm³/mol. The van der Waals surface area contributed by atoms with Gasteiger partial charge in [-0.25, -0.2) is 4.98 Å². The van der Waals surface area contributed by atoms with E-state index < -0.39 is 0 Å². The molecule has 2 N–H and O–H groups in total. The first-order chi connectivity index (χ1) is 7.66. The summed E-state index contributed by atoms with van der Waals surface area (Å²) in [6.45, 7) is 1.75. The number of anilines is 2. The molecule has 1 unspecified atom stereocenters. The van der Waals surface area contributed by atoms with Crippen molar-refractivity contribution in [3.8, 4) is 0 Å². The number of likely N-dealkylation sites (N-methyl/N-ethyl adjacent to an activating group) is 1. The van der Waals surface area contributed by atoms with E-state index in [0.29, 0.717) is 11.8 Å². The fourth-order valence-corrected chi connectivity index (χ4v) is 2.58. The van der Waals surface area contributed by atoms with E-state index in [0.717, 1.165) is 36.3 Å². The Hall–Kier alpha value is -0.810. The molecule has 1 saturated heterocycles. The van der Waals surface area contributed by atoms with E-state index in [1.165, 1.54) is 0 Å². The van der Waals surface area contributed by atoms with Crippen LogP contribution in [-0.4, -0.2) is 31.3 Å². The van der Waals surface area contributed by atoms with Crippen LogP contribution in [0.1, 0.15) is 12.8 Å². The summed E-state index contributed by atoms with van der Waals surface area (Å²) in [6, 6.07) is 1.87. The number of rotatable bonds is 3. The summed E-state index contributed by atoms with van der Waals surface area (Å²) in [5.74, 6) is 0.907. The molecule has 0 aliphatic carbocycles. The lowest BCUT2D eigenvalue weighted by atomic mass is 10.2. The molecular weight excluding hydrogens is 270 g/mol. The zero-order valence-corrected chi connectivity index (χ0v) is 10.9. The van der Waals surface area contributed by atoms with Gasteiger partial charge in [-0.05, 0) is 34.8 Å². The van der Waals surface area contributed by atoms with Crippen molar-refractivity contribution < 1.29 is 4.74 Å². The average Bonchev–Trinajstić information content (AvgIpc) is 2.70. The number of hydrogen-bond donors (Lipinski definition) is 1. The van der Waals surface area contributed by atoms with Crippen molar-refractivity contribution in [1.29, 1.82) is 0 Å². The second-order valence-corrected chi connectivity index (χ2v) is 4.94. The molecule has 1 aliphatic heterocycles. The lowest BCUT2D eigenvalue weighted by Gasteiger charge is -2.22. The van der Waals surface area contributed by atoms with Crippen LogP contribution in [0.2, 0.25) is 0 Å². The number of pyridine rings is 1. The van der Waals surface area contributed by atoms with Crippen LogP contribution in [0.5, 0.6) is 0 Å². The number of ether oxygens (including phenoxy) is 1. The molecule has 5 heteroatoms. The lowest BCUT2D eigenvalue weighted by molar-refractivity contribution is 0.116. The Morgan fingerprint density at radius 3 is 3.12 bits per heavy atom. The third-order valence-corrected chi connectivity index (χ3v) is 3.29. The van der Waals surface area contributed by atoms with Crippen LogP contribution < -0.4 is 10.6 Å². The number of halogens is 1. The highest BCUT2D eigenvalue weighted by Crippen LogP contribution is 2.25. The summed E-state index contributed by atoms with van der Waals surface area (Å²) in [7, 11) is 2.02. The largest absolute Gasteiger partial charge is 0.397 e. The van der Waals surface area contributed by atoms with E-state index in [9.17, 15) is 0 Å². The van der Waals surface area contributed by atoms with Crippen LogP contribution >= 0.6 is 15.9 Å². The van der Waals surface area contributed by atoms with Crippen molar-refractivity contribution in [3.05, 3.63) is 16.7 Å². The minimum Gasteiger partial charge on any atom is -0.397 e. The molecule has 1 aromatic heterocycles. The topological polar surface area (TPSA) is 51.4 Å². The Labute approximate surface area is 104 Å². The van der Waals surface area contributed by atoms with E-state index in [-0.39, 0.29) is 0 Å². The van der Waals surface area contributed by atoms with Crippen LogP contribution in [0, 0.1) is 0 Å². The summed E-state index contributed by atoms with van der Waals surface area (Å²) >= 11 is 3.47. The third kappa shape index (κ3) is 2.65. The molecule has 1 aromatic rings. The van der Waals surface area contributed by atoms with Crippen molar-refractivity contribution >= 4 is 27.4 Å². The molecule has 1 fully saturated rings. The highest BCUT2D eigenvalue weighted by atomic mass is 79.9. The molecule has 4 nitrogen and oxygen atoms in total. The Bertz CT molecular complexity index is 366. The number of nitrogen functional groups attached to an aromatic ring is 1. The van der Waals surface area contributed by atoms with Crippen molar-refractivity contribution in [3.63, 3.8) is 0 Å². The van der Waals surface area contributed by atoms with E-state index in [1.54, 1.807) is 6.20 Å². The standard InChI is InChI=1S/C11H16BrN3O/c1-15(7-9-3-2-4-16-9)11-10(12)5-8(13)6-14-11/h5-6,9H,2-4,7,13H2,1H3. The zero-order chi connectivity index (χ0) is 11.5. The smallest absolute Gasteiger partial charge is 0.142 e. The van der Waals surface area contributed by atoms with Gasteiger partial charge in [0.25, 0.3) is 0 Å². The molecule has 0 bridgehead atoms. The average molecular weight is 286 g/mol. The fourth-order valence-electron chi connectivity index (χ4n) is 1.91. The number of nitrogens with two attached hydrogens (primary N) is 1. The van der Waals surface area contributed by atoms with E-state index >= 15 is 0 Å². The van der Waals surface area contributed by atoms with Gasteiger partial charge in [0.1, 0.15) is 5.82 Å². The van der Waals surface area contributed by atoms with E-state index in [4.69, 9.17) is 10.5 Å². The Balaban J connectivity index is 2.04. The summed E-state index contributed by atoms with van der Waals surface area (Å²) in [4.78, 5) is 6.42. The maximum Gasteiger partial charge on any atom is 0.142 e. The van der Waals surface area contributed by atoms with Gasteiger partial charge in [-0.1, -0.05) is 0 Å². The maximum absolute atomic E-state index is 5.66. The highest BCUT2D eigenvalue weighted by Gasteiger charge is 2.19. The minimum atomic E-state index is 0.330. The molecule has 2 heterocycles. The fraction of sp³-hybridized carbons (Fsp3) is 0.545.